The maximum atomic E-state index is 12.8. The van der Waals surface area contributed by atoms with Crippen LogP contribution in [0.4, 0.5) is 18.9 Å². The van der Waals surface area contributed by atoms with Crippen LogP contribution < -0.4 is 20.1 Å². The van der Waals surface area contributed by atoms with Gasteiger partial charge in [-0.25, -0.2) is 9.97 Å². The number of methoxy groups -OCH3 is 1. The van der Waals surface area contributed by atoms with Crippen molar-refractivity contribution < 1.29 is 27.4 Å². The zero-order valence-corrected chi connectivity index (χ0v) is 21.2. The van der Waals surface area contributed by atoms with Gasteiger partial charge in [0.2, 0.25) is 5.91 Å². The van der Waals surface area contributed by atoms with Crippen molar-refractivity contribution in [2.45, 2.75) is 19.0 Å². The Morgan fingerprint density at radius 2 is 1.82 bits per heavy atom. The number of aromatic nitrogens is 2. The molecule has 2 N–H and O–H groups in total. The van der Waals surface area contributed by atoms with Crippen LogP contribution >= 0.6 is 0 Å². The summed E-state index contributed by atoms with van der Waals surface area (Å²) < 4.78 is 49.9. The minimum absolute atomic E-state index is 0.0438. The number of ether oxygens (including phenoxy) is 2. The topological polar surface area (TPSA) is 85.4 Å². The first-order valence-corrected chi connectivity index (χ1v) is 12.5. The summed E-state index contributed by atoms with van der Waals surface area (Å²) in [6.45, 7) is 2.54. The zero-order chi connectivity index (χ0) is 27.4. The van der Waals surface area contributed by atoms with E-state index in [1.165, 1.54) is 18.5 Å². The smallest absolute Gasteiger partial charge is 0.416 e. The van der Waals surface area contributed by atoms with E-state index < -0.39 is 11.7 Å². The molecule has 0 aliphatic carbocycles. The van der Waals surface area contributed by atoms with Crippen LogP contribution in [0.5, 0.6) is 11.5 Å². The van der Waals surface area contributed by atoms with Gasteiger partial charge in [0.15, 0.2) is 11.5 Å². The van der Waals surface area contributed by atoms with E-state index in [1.54, 1.807) is 19.2 Å². The Hall–Kier alpha value is -4.18. The Morgan fingerprint density at radius 3 is 2.49 bits per heavy atom. The third-order valence-corrected chi connectivity index (χ3v) is 6.65. The summed E-state index contributed by atoms with van der Waals surface area (Å²) in [5.41, 5.74) is 2.53. The summed E-state index contributed by atoms with van der Waals surface area (Å²) in [5, 5.41) is 6.91. The fraction of sp³-hybridized carbons (Fsp3) is 0.276. The lowest BCUT2D eigenvalue weighted by atomic mass is 10.1. The predicted octanol–water partition coefficient (Wildman–Crippen LogP) is 5.49. The van der Waals surface area contributed by atoms with E-state index in [2.05, 4.69) is 20.6 Å². The van der Waals surface area contributed by atoms with Gasteiger partial charge in [0.25, 0.3) is 0 Å². The van der Waals surface area contributed by atoms with E-state index in [9.17, 15) is 18.0 Å². The van der Waals surface area contributed by atoms with E-state index in [4.69, 9.17) is 9.47 Å². The minimum atomic E-state index is -4.41. The third kappa shape index (κ3) is 6.28. The highest BCUT2D eigenvalue weighted by atomic mass is 19.4. The van der Waals surface area contributed by atoms with Crippen LogP contribution in [0.3, 0.4) is 0 Å². The van der Waals surface area contributed by atoms with Gasteiger partial charge >= 0.3 is 6.18 Å². The Kier molecular flexibility index (Phi) is 7.65. The molecule has 202 valence electrons. The Bertz CT molecular complexity index is 1450. The van der Waals surface area contributed by atoms with Gasteiger partial charge in [-0.1, -0.05) is 24.3 Å². The van der Waals surface area contributed by atoms with Crippen LogP contribution in [0.25, 0.3) is 22.2 Å². The zero-order valence-electron chi connectivity index (χ0n) is 21.2. The fourth-order valence-electron chi connectivity index (χ4n) is 4.54. The van der Waals surface area contributed by atoms with Gasteiger partial charge in [0.05, 0.1) is 36.9 Å². The molecule has 1 aromatic heterocycles. The molecule has 0 bridgehead atoms. The largest absolute Gasteiger partial charge is 0.493 e. The minimum Gasteiger partial charge on any atom is -0.493 e. The number of nitrogens with one attached hydrogen (secondary N) is 2. The average molecular weight is 537 g/mol. The standard InChI is InChI=1S/C29H27F3N4O3/c1-38-25-13-23-24(14-26(25)39-16-19-10-11-33-15-19)34-17-35-28(23)20-4-8-22(9-5-20)36-27(37)12-18-2-6-21(7-3-18)29(30,31)32/h2-9,13-14,17,19,33H,10-12,15-16H2,1H3,(H,36,37). The van der Waals surface area contributed by atoms with E-state index >= 15 is 0 Å². The number of alkyl halides is 3. The molecule has 0 spiro atoms. The van der Waals surface area contributed by atoms with Gasteiger partial charge in [-0.3, -0.25) is 4.79 Å². The number of fused-ring (bicyclic) bond motifs is 1. The lowest BCUT2D eigenvalue weighted by Crippen LogP contribution is -2.15. The number of nitrogens with zero attached hydrogens (tertiary/aromatic N) is 2. The summed E-state index contributed by atoms with van der Waals surface area (Å²) >= 11 is 0. The van der Waals surface area contributed by atoms with Crippen LogP contribution in [0.2, 0.25) is 0 Å². The quantitative estimate of drug-likeness (QED) is 0.310. The van der Waals surface area contributed by atoms with Gasteiger partial charge < -0.3 is 20.1 Å². The van der Waals surface area contributed by atoms with Crippen molar-refractivity contribution in [1.29, 1.82) is 0 Å². The molecule has 1 aliphatic rings. The van der Waals surface area contributed by atoms with Gasteiger partial charge in [-0.15, -0.1) is 0 Å². The Balaban J connectivity index is 1.29. The van der Waals surface area contributed by atoms with E-state index in [0.29, 0.717) is 46.5 Å². The van der Waals surface area contributed by atoms with Crippen molar-refractivity contribution in [2.24, 2.45) is 5.92 Å². The molecule has 5 rings (SSSR count). The molecular formula is C29H27F3N4O3. The van der Waals surface area contributed by atoms with Crippen molar-refractivity contribution in [3.63, 3.8) is 0 Å². The summed E-state index contributed by atoms with van der Waals surface area (Å²) in [4.78, 5) is 21.3. The number of halogens is 3. The second kappa shape index (κ2) is 11.3. The highest BCUT2D eigenvalue weighted by molar-refractivity contribution is 5.95. The molecule has 0 radical (unpaired) electrons. The molecule has 39 heavy (non-hydrogen) atoms. The summed E-state index contributed by atoms with van der Waals surface area (Å²) in [5.74, 6) is 1.35. The summed E-state index contributed by atoms with van der Waals surface area (Å²) in [6, 6.07) is 15.5. The van der Waals surface area contributed by atoms with Crippen LogP contribution in [0, 0.1) is 5.92 Å². The van der Waals surface area contributed by atoms with Crippen LogP contribution in [0.1, 0.15) is 17.5 Å². The number of hydrogen-bond donors (Lipinski definition) is 2. The van der Waals surface area contributed by atoms with Gasteiger partial charge in [0.1, 0.15) is 6.33 Å². The molecule has 1 amide bonds. The number of anilines is 1. The second-order valence-corrected chi connectivity index (χ2v) is 9.41. The molecular weight excluding hydrogens is 509 g/mol. The van der Waals surface area contributed by atoms with Crippen LogP contribution in [-0.4, -0.2) is 42.7 Å². The monoisotopic (exact) mass is 536 g/mol. The van der Waals surface area contributed by atoms with E-state index in [-0.39, 0.29) is 12.3 Å². The van der Waals surface area contributed by atoms with Gasteiger partial charge in [-0.2, -0.15) is 13.2 Å². The first kappa shape index (κ1) is 26.4. The third-order valence-electron chi connectivity index (χ3n) is 6.65. The molecule has 7 nitrogen and oxygen atoms in total. The molecule has 1 atom stereocenters. The number of hydrogen-bond acceptors (Lipinski definition) is 6. The molecule has 4 aromatic rings. The molecule has 1 aliphatic heterocycles. The molecule has 2 heterocycles. The second-order valence-electron chi connectivity index (χ2n) is 9.41. The maximum Gasteiger partial charge on any atom is 0.416 e. The maximum absolute atomic E-state index is 12.8. The predicted molar refractivity (Wildman–Crippen MR) is 142 cm³/mol. The van der Waals surface area contributed by atoms with Crippen molar-refractivity contribution in [3.8, 4) is 22.8 Å². The van der Waals surface area contributed by atoms with Crippen molar-refractivity contribution in [1.82, 2.24) is 15.3 Å². The lowest BCUT2D eigenvalue weighted by molar-refractivity contribution is -0.137. The molecule has 0 saturated carbocycles. The Labute approximate surface area is 223 Å². The normalized spacial score (nSPS) is 15.3. The first-order valence-electron chi connectivity index (χ1n) is 12.5. The van der Waals surface area contributed by atoms with Gasteiger partial charge in [0, 0.05) is 35.2 Å². The number of amides is 1. The summed E-state index contributed by atoms with van der Waals surface area (Å²) in [7, 11) is 1.59. The highest BCUT2D eigenvalue weighted by Crippen LogP contribution is 2.36. The molecule has 10 heteroatoms. The van der Waals surface area contributed by atoms with Crippen molar-refractivity contribution in [3.05, 3.63) is 78.1 Å². The summed E-state index contributed by atoms with van der Waals surface area (Å²) in [6.07, 6.45) is -1.88. The molecule has 1 fully saturated rings. The highest BCUT2D eigenvalue weighted by Gasteiger charge is 2.30. The number of benzene rings is 3. The Morgan fingerprint density at radius 1 is 1.05 bits per heavy atom. The first-order chi connectivity index (χ1) is 18.8. The number of carbonyl (C=O) groups excluding carboxylic acids is 1. The van der Waals surface area contributed by atoms with Gasteiger partial charge in [-0.05, 0) is 48.9 Å². The van der Waals surface area contributed by atoms with E-state index in [0.717, 1.165) is 42.6 Å². The van der Waals surface area contributed by atoms with E-state index in [1.807, 2.05) is 24.3 Å². The molecule has 1 saturated heterocycles. The fourth-order valence-corrected chi connectivity index (χ4v) is 4.54. The van der Waals surface area contributed by atoms with Crippen LogP contribution in [0.15, 0.2) is 67.0 Å². The average Bonchev–Trinajstić information content (AvgIpc) is 3.45. The van der Waals surface area contributed by atoms with Crippen molar-refractivity contribution >= 4 is 22.5 Å². The lowest BCUT2D eigenvalue weighted by Gasteiger charge is -2.15. The SMILES string of the molecule is COc1cc2c(-c3ccc(NC(=O)Cc4ccc(C(F)(F)F)cc4)cc3)ncnc2cc1OCC1CCNC1. The number of rotatable bonds is 8. The molecule has 1 unspecified atom stereocenters. The van der Waals surface area contributed by atoms with Crippen LogP contribution in [-0.2, 0) is 17.4 Å². The number of carbonyl (C=O) groups is 1. The van der Waals surface area contributed by atoms with Crippen molar-refractivity contribution in [2.75, 3.05) is 32.1 Å². The molecule has 3 aromatic carbocycles.